The smallest absolute Gasteiger partial charge is 0.190 e. The lowest BCUT2D eigenvalue weighted by Gasteiger charge is -1.96. The number of hydrogen-bond acceptors (Lipinski definition) is 2. The van der Waals surface area contributed by atoms with Gasteiger partial charge in [-0.05, 0) is 12.1 Å². The fourth-order valence-electron chi connectivity index (χ4n) is 0.819. The first kappa shape index (κ1) is 8.81. The number of halogens is 1. The lowest BCUT2D eigenvalue weighted by molar-refractivity contribution is 0.104. The molecule has 0 saturated carbocycles. The van der Waals surface area contributed by atoms with Crippen molar-refractivity contribution in [3.63, 3.8) is 0 Å². The van der Waals surface area contributed by atoms with Gasteiger partial charge in [-0.25, -0.2) is 0 Å². The van der Waals surface area contributed by atoms with Crippen LogP contribution in [0.1, 0.15) is 10.4 Å². The first-order valence-corrected chi connectivity index (χ1v) is 3.73. The minimum atomic E-state index is -0.303. The van der Waals surface area contributed by atoms with E-state index in [-0.39, 0.29) is 5.78 Å². The maximum absolute atomic E-state index is 11.1. The van der Waals surface area contributed by atoms with Crippen LogP contribution in [0.5, 0.6) is 0 Å². The number of allylic oxidation sites excluding steroid dienone is 1. The number of carbonyl (C=O) groups is 1. The summed E-state index contributed by atoms with van der Waals surface area (Å²) < 4.78 is 0. The topological polar surface area (TPSA) is 37.3 Å². The normalized spacial score (nSPS) is 10.4. The highest BCUT2D eigenvalue weighted by molar-refractivity contribution is 6.34. The Morgan fingerprint density at radius 3 is 2.67 bits per heavy atom. The van der Waals surface area contributed by atoms with Crippen LogP contribution in [0.3, 0.4) is 0 Å². The third-order valence-corrected chi connectivity index (χ3v) is 1.69. The van der Waals surface area contributed by atoms with Gasteiger partial charge < -0.3 is 5.11 Å². The highest BCUT2D eigenvalue weighted by Crippen LogP contribution is 2.15. The Bertz CT molecular complexity index is 318. The van der Waals surface area contributed by atoms with Gasteiger partial charge in [0.05, 0.1) is 11.3 Å². The van der Waals surface area contributed by atoms with Gasteiger partial charge in [0, 0.05) is 11.6 Å². The third kappa shape index (κ3) is 1.86. The number of aliphatic hydroxyl groups is 1. The lowest BCUT2D eigenvalue weighted by Crippen LogP contribution is -1.94. The molecule has 1 aromatic carbocycles. The molecule has 0 radical (unpaired) electrons. The number of carbonyl (C=O) groups excluding carboxylic acids is 1. The Morgan fingerprint density at radius 1 is 1.42 bits per heavy atom. The molecule has 3 heteroatoms. The third-order valence-electron chi connectivity index (χ3n) is 1.37. The Hall–Kier alpha value is -1.28. The first-order valence-electron chi connectivity index (χ1n) is 3.35. The SMILES string of the molecule is O=C(C=CO)c1ccccc1Cl. The molecular formula is C9H7ClO2. The van der Waals surface area contributed by atoms with Gasteiger partial charge in [0.1, 0.15) is 0 Å². The number of aliphatic hydroxyl groups excluding tert-OH is 1. The number of benzene rings is 1. The average Bonchev–Trinajstić information content (AvgIpc) is 2.05. The molecule has 12 heavy (non-hydrogen) atoms. The molecular weight excluding hydrogens is 176 g/mol. The van der Waals surface area contributed by atoms with E-state index in [1.807, 2.05) is 0 Å². The van der Waals surface area contributed by atoms with Crippen LogP contribution in [0, 0.1) is 0 Å². The molecule has 1 aromatic rings. The zero-order valence-electron chi connectivity index (χ0n) is 6.20. The van der Waals surface area contributed by atoms with Gasteiger partial charge in [0.2, 0.25) is 0 Å². The van der Waals surface area contributed by atoms with Crippen LogP contribution in [-0.2, 0) is 0 Å². The van der Waals surface area contributed by atoms with Crippen molar-refractivity contribution in [3.05, 3.63) is 47.2 Å². The molecule has 0 aliphatic heterocycles. The summed E-state index contributed by atoms with van der Waals surface area (Å²) in [5.74, 6) is -0.303. The fraction of sp³-hybridized carbons (Fsp3) is 0. The van der Waals surface area contributed by atoms with E-state index in [0.717, 1.165) is 6.08 Å². The van der Waals surface area contributed by atoms with Crippen LogP contribution >= 0.6 is 11.6 Å². The predicted octanol–water partition coefficient (Wildman–Crippen LogP) is 2.59. The van der Waals surface area contributed by atoms with Crippen molar-refractivity contribution in [2.45, 2.75) is 0 Å². The molecule has 0 atom stereocenters. The molecule has 0 aliphatic rings. The molecule has 0 saturated heterocycles. The van der Waals surface area contributed by atoms with Crippen LogP contribution < -0.4 is 0 Å². The predicted molar refractivity (Wildman–Crippen MR) is 47.6 cm³/mol. The maximum Gasteiger partial charge on any atom is 0.190 e. The second-order valence-corrected chi connectivity index (χ2v) is 2.57. The maximum atomic E-state index is 11.1. The summed E-state index contributed by atoms with van der Waals surface area (Å²) in [5, 5.41) is 8.73. The van der Waals surface area contributed by atoms with Gasteiger partial charge in [-0.2, -0.15) is 0 Å². The molecule has 0 heterocycles. The molecule has 1 N–H and O–H groups in total. The quantitative estimate of drug-likeness (QED) is 0.434. The zero-order chi connectivity index (χ0) is 8.97. The van der Waals surface area contributed by atoms with Crippen LogP contribution in [0.4, 0.5) is 0 Å². The van der Waals surface area contributed by atoms with E-state index in [0.29, 0.717) is 16.8 Å². The summed E-state index contributed by atoms with van der Waals surface area (Å²) in [6, 6.07) is 6.68. The van der Waals surface area contributed by atoms with Crippen LogP contribution in [0.2, 0.25) is 5.02 Å². The summed E-state index contributed by atoms with van der Waals surface area (Å²) in [6.45, 7) is 0. The van der Waals surface area contributed by atoms with Crippen molar-refractivity contribution >= 4 is 17.4 Å². The van der Waals surface area contributed by atoms with Gasteiger partial charge in [0.25, 0.3) is 0 Å². The molecule has 0 aliphatic carbocycles. The molecule has 0 unspecified atom stereocenters. The molecule has 1 rings (SSSR count). The van der Waals surface area contributed by atoms with Gasteiger partial charge in [0.15, 0.2) is 5.78 Å². The zero-order valence-corrected chi connectivity index (χ0v) is 6.95. The standard InChI is InChI=1S/C9H7ClO2/c10-8-4-2-1-3-7(8)9(12)5-6-11/h1-6,11H. The summed E-state index contributed by atoms with van der Waals surface area (Å²) in [6.07, 6.45) is 1.76. The summed E-state index contributed by atoms with van der Waals surface area (Å²) in [5.41, 5.74) is 0.393. The first-order chi connectivity index (χ1) is 5.75. The fourth-order valence-corrected chi connectivity index (χ4v) is 1.05. The largest absolute Gasteiger partial charge is 0.515 e. The molecule has 62 valence electrons. The molecule has 0 bridgehead atoms. The van der Waals surface area contributed by atoms with E-state index in [4.69, 9.17) is 16.7 Å². The summed E-state index contributed by atoms with van der Waals surface area (Å²) >= 11 is 5.72. The second-order valence-electron chi connectivity index (χ2n) is 2.16. The second kappa shape index (κ2) is 3.93. The molecule has 0 fully saturated rings. The van der Waals surface area contributed by atoms with Crippen molar-refractivity contribution < 1.29 is 9.90 Å². The number of rotatable bonds is 2. The van der Waals surface area contributed by atoms with Crippen LogP contribution in [0.25, 0.3) is 0 Å². The molecule has 0 aromatic heterocycles. The highest BCUT2D eigenvalue weighted by atomic mass is 35.5. The van der Waals surface area contributed by atoms with Gasteiger partial charge in [-0.3, -0.25) is 4.79 Å². The van der Waals surface area contributed by atoms with Crippen LogP contribution in [-0.4, -0.2) is 10.9 Å². The van der Waals surface area contributed by atoms with Gasteiger partial charge in [-0.15, -0.1) is 0 Å². The van der Waals surface area contributed by atoms with Crippen molar-refractivity contribution in [2.24, 2.45) is 0 Å². The minimum Gasteiger partial charge on any atom is -0.515 e. The molecule has 0 amide bonds. The van der Waals surface area contributed by atoms with E-state index in [1.54, 1.807) is 24.3 Å². The highest BCUT2D eigenvalue weighted by Gasteiger charge is 2.04. The monoisotopic (exact) mass is 182 g/mol. The van der Waals surface area contributed by atoms with E-state index < -0.39 is 0 Å². The van der Waals surface area contributed by atoms with Crippen molar-refractivity contribution in [1.29, 1.82) is 0 Å². The lowest BCUT2D eigenvalue weighted by atomic mass is 10.1. The summed E-state index contributed by atoms with van der Waals surface area (Å²) in [4.78, 5) is 11.1. The van der Waals surface area contributed by atoms with E-state index in [1.165, 1.54) is 0 Å². The van der Waals surface area contributed by atoms with Crippen molar-refractivity contribution in [1.82, 2.24) is 0 Å². The van der Waals surface area contributed by atoms with Crippen LogP contribution in [0.15, 0.2) is 36.6 Å². The van der Waals surface area contributed by atoms with Gasteiger partial charge >= 0.3 is 0 Å². The van der Waals surface area contributed by atoms with Crippen molar-refractivity contribution in [2.75, 3.05) is 0 Å². The number of hydrogen-bond donors (Lipinski definition) is 1. The molecule has 2 nitrogen and oxygen atoms in total. The average molecular weight is 183 g/mol. The minimum absolute atomic E-state index is 0.303. The van der Waals surface area contributed by atoms with Crippen molar-refractivity contribution in [3.8, 4) is 0 Å². The number of ketones is 1. The van der Waals surface area contributed by atoms with E-state index in [9.17, 15) is 4.79 Å². The summed E-state index contributed by atoms with van der Waals surface area (Å²) in [7, 11) is 0. The Kier molecular flexibility index (Phi) is 2.88. The van der Waals surface area contributed by atoms with Gasteiger partial charge in [-0.1, -0.05) is 23.7 Å². The Morgan fingerprint density at radius 2 is 2.08 bits per heavy atom. The van der Waals surface area contributed by atoms with E-state index in [2.05, 4.69) is 0 Å². The van der Waals surface area contributed by atoms with E-state index >= 15 is 0 Å². The Balaban J connectivity index is 3.03. The Labute approximate surface area is 75.1 Å². The molecule has 0 spiro atoms.